The Morgan fingerprint density at radius 1 is 0.739 bits per heavy atom. The van der Waals surface area contributed by atoms with Crippen molar-refractivity contribution in [3.05, 3.63) is 83.4 Å². The Morgan fingerprint density at radius 2 is 1.48 bits per heavy atom. The lowest BCUT2D eigenvalue weighted by atomic mass is 9.94. The molecule has 0 unspecified atom stereocenters. The third kappa shape index (κ3) is 2.43. The SMILES string of the molecule is Cc1ccccc1-c1cc2c(cc1C)N(c1ccccc1)CC2. The molecule has 0 aliphatic carbocycles. The van der Waals surface area contributed by atoms with Crippen LogP contribution in [0.25, 0.3) is 11.1 Å². The Balaban J connectivity index is 1.80. The van der Waals surface area contributed by atoms with Crippen molar-refractivity contribution in [3.63, 3.8) is 0 Å². The smallest absolute Gasteiger partial charge is 0.0447 e. The number of fused-ring (bicyclic) bond motifs is 1. The molecule has 0 saturated heterocycles. The molecule has 0 N–H and O–H groups in total. The molecular weight excluding hydrogens is 278 g/mol. The van der Waals surface area contributed by atoms with Crippen LogP contribution >= 0.6 is 0 Å². The summed E-state index contributed by atoms with van der Waals surface area (Å²) in [5.41, 5.74) is 9.52. The van der Waals surface area contributed by atoms with Crippen LogP contribution in [0.2, 0.25) is 0 Å². The second-order valence-electron chi connectivity index (χ2n) is 6.35. The van der Waals surface area contributed by atoms with Crippen molar-refractivity contribution < 1.29 is 0 Å². The highest BCUT2D eigenvalue weighted by Gasteiger charge is 2.22. The van der Waals surface area contributed by atoms with E-state index < -0.39 is 0 Å². The second kappa shape index (κ2) is 5.58. The van der Waals surface area contributed by atoms with E-state index in [-0.39, 0.29) is 0 Å². The molecular formula is C22H21N. The topological polar surface area (TPSA) is 3.24 Å². The fraction of sp³-hybridized carbons (Fsp3) is 0.182. The van der Waals surface area contributed by atoms with Crippen LogP contribution in [0.5, 0.6) is 0 Å². The van der Waals surface area contributed by atoms with Gasteiger partial charge in [0.2, 0.25) is 0 Å². The largest absolute Gasteiger partial charge is 0.341 e. The molecule has 1 aliphatic rings. The monoisotopic (exact) mass is 299 g/mol. The van der Waals surface area contributed by atoms with Crippen LogP contribution in [0, 0.1) is 13.8 Å². The minimum Gasteiger partial charge on any atom is -0.341 e. The number of rotatable bonds is 2. The molecule has 1 heteroatoms. The summed E-state index contributed by atoms with van der Waals surface area (Å²) in [5, 5.41) is 0. The Hall–Kier alpha value is -2.54. The predicted molar refractivity (Wildman–Crippen MR) is 98.5 cm³/mol. The number of anilines is 2. The molecule has 0 fully saturated rings. The second-order valence-corrected chi connectivity index (χ2v) is 6.35. The van der Waals surface area contributed by atoms with Crippen molar-refractivity contribution in [1.82, 2.24) is 0 Å². The van der Waals surface area contributed by atoms with Gasteiger partial charge >= 0.3 is 0 Å². The average molecular weight is 299 g/mol. The quantitative estimate of drug-likeness (QED) is 0.589. The highest BCUT2D eigenvalue weighted by Crippen LogP contribution is 2.39. The molecule has 0 amide bonds. The molecule has 1 nitrogen and oxygen atoms in total. The third-order valence-electron chi connectivity index (χ3n) is 4.82. The zero-order chi connectivity index (χ0) is 15.8. The summed E-state index contributed by atoms with van der Waals surface area (Å²) < 4.78 is 0. The summed E-state index contributed by atoms with van der Waals surface area (Å²) in [6, 6.07) is 24.1. The first-order valence-electron chi connectivity index (χ1n) is 8.26. The van der Waals surface area contributed by atoms with Crippen molar-refractivity contribution in [2.24, 2.45) is 0 Å². The lowest BCUT2D eigenvalue weighted by Gasteiger charge is -2.21. The average Bonchev–Trinajstić information content (AvgIpc) is 2.98. The van der Waals surface area contributed by atoms with Crippen LogP contribution in [0.4, 0.5) is 11.4 Å². The molecule has 0 atom stereocenters. The van der Waals surface area contributed by atoms with Crippen molar-refractivity contribution in [2.45, 2.75) is 20.3 Å². The normalized spacial score (nSPS) is 13.2. The van der Waals surface area contributed by atoms with Gasteiger partial charge in [0.1, 0.15) is 0 Å². The van der Waals surface area contributed by atoms with Crippen LogP contribution in [0.1, 0.15) is 16.7 Å². The van der Waals surface area contributed by atoms with Gasteiger partial charge in [-0.3, -0.25) is 0 Å². The fourth-order valence-electron chi connectivity index (χ4n) is 3.58. The highest BCUT2D eigenvalue weighted by atomic mass is 15.2. The molecule has 0 spiro atoms. The van der Waals surface area contributed by atoms with E-state index in [1.165, 1.54) is 39.2 Å². The van der Waals surface area contributed by atoms with Gasteiger partial charge in [0.25, 0.3) is 0 Å². The summed E-state index contributed by atoms with van der Waals surface area (Å²) >= 11 is 0. The predicted octanol–water partition coefficient (Wildman–Crippen LogP) is 5.66. The van der Waals surface area contributed by atoms with E-state index in [1.54, 1.807) is 0 Å². The Bertz CT molecular complexity index is 849. The summed E-state index contributed by atoms with van der Waals surface area (Å²) in [5.74, 6) is 0. The van der Waals surface area contributed by atoms with Gasteiger partial charge in [0, 0.05) is 17.9 Å². The molecule has 0 aromatic heterocycles. The summed E-state index contributed by atoms with van der Waals surface area (Å²) in [7, 11) is 0. The zero-order valence-electron chi connectivity index (χ0n) is 13.7. The van der Waals surface area contributed by atoms with Gasteiger partial charge in [0.15, 0.2) is 0 Å². The van der Waals surface area contributed by atoms with E-state index in [0.717, 1.165) is 13.0 Å². The maximum absolute atomic E-state index is 2.43. The molecule has 23 heavy (non-hydrogen) atoms. The summed E-state index contributed by atoms with van der Waals surface area (Å²) in [4.78, 5) is 2.43. The number of hydrogen-bond donors (Lipinski definition) is 0. The van der Waals surface area contributed by atoms with Crippen molar-refractivity contribution >= 4 is 11.4 Å². The summed E-state index contributed by atoms with van der Waals surface area (Å²) in [6.45, 7) is 5.48. The fourth-order valence-corrected chi connectivity index (χ4v) is 3.58. The Kier molecular flexibility index (Phi) is 3.42. The molecule has 1 aliphatic heterocycles. The number of benzene rings is 3. The van der Waals surface area contributed by atoms with E-state index >= 15 is 0 Å². The number of para-hydroxylation sites is 1. The van der Waals surface area contributed by atoms with Crippen LogP contribution in [-0.4, -0.2) is 6.54 Å². The van der Waals surface area contributed by atoms with Crippen LogP contribution < -0.4 is 4.90 Å². The molecule has 3 aromatic rings. The highest BCUT2D eigenvalue weighted by molar-refractivity contribution is 5.78. The molecule has 1 heterocycles. The Morgan fingerprint density at radius 3 is 2.26 bits per heavy atom. The van der Waals surface area contributed by atoms with Crippen LogP contribution in [0.3, 0.4) is 0 Å². The first kappa shape index (κ1) is 14.1. The zero-order valence-corrected chi connectivity index (χ0v) is 13.7. The molecule has 3 aromatic carbocycles. The molecule has 0 saturated carbocycles. The van der Waals surface area contributed by atoms with E-state index in [1.807, 2.05) is 0 Å². The number of aryl methyl sites for hydroxylation is 2. The van der Waals surface area contributed by atoms with Gasteiger partial charge in [-0.25, -0.2) is 0 Å². The summed E-state index contributed by atoms with van der Waals surface area (Å²) in [6.07, 6.45) is 1.11. The van der Waals surface area contributed by atoms with E-state index in [0.29, 0.717) is 0 Å². The van der Waals surface area contributed by atoms with Crippen molar-refractivity contribution in [3.8, 4) is 11.1 Å². The van der Waals surface area contributed by atoms with E-state index in [9.17, 15) is 0 Å². The molecule has 0 radical (unpaired) electrons. The minimum absolute atomic E-state index is 1.07. The van der Waals surface area contributed by atoms with E-state index in [2.05, 4.69) is 85.5 Å². The standard InChI is InChI=1S/C22H21N/c1-16-8-6-7-11-20(16)21-15-18-12-13-23(22(18)14-17(21)2)19-9-4-3-5-10-19/h3-11,14-15H,12-13H2,1-2H3. The van der Waals surface area contributed by atoms with Gasteiger partial charge in [-0.2, -0.15) is 0 Å². The van der Waals surface area contributed by atoms with Crippen LogP contribution in [-0.2, 0) is 6.42 Å². The number of nitrogens with zero attached hydrogens (tertiary/aromatic N) is 1. The van der Waals surface area contributed by atoms with E-state index in [4.69, 9.17) is 0 Å². The lowest BCUT2D eigenvalue weighted by molar-refractivity contribution is 0.998. The molecule has 0 bridgehead atoms. The van der Waals surface area contributed by atoms with Crippen molar-refractivity contribution in [1.29, 1.82) is 0 Å². The van der Waals surface area contributed by atoms with Crippen LogP contribution in [0.15, 0.2) is 66.7 Å². The van der Waals surface area contributed by atoms with Gasteiger partial charge in [-0.05, 0) is 72.4 Å². The van der Waals surface area contributed by atoms with Crippen molar-refractivity contribution in [2.75, 3.05) is 11.4 Å². The third-order valence-corrected chi connectivity index (χ3v) is 4.82. The Labute approximate surface area is 138 Å². The maximum Gasteiger partial charge on any atom is 0.0447 e. The molecule has 4 rings (SSSR count). The first-order valence-corrected chi connectivity index (χ1v) is 8.26. The lowest BCUT2D eigenvalue weighted by Crippen LogP contribution is -2.12. The first-order chi connectivity index (χ1) is 11.2. The maximum atomic E-state index is 2.43. The molecule has 114 valence electrons. The minimum atomic E-state index is 1.07. The van der Waals surface area contributed by atoms with Gasteiger partial charge in [-0.1, -0.05) is 42.5 Å². The van der Waals surface area contributed by atoms with Gasteiger partial charge in [-0.15, -0.1) is 0 Å². The number of hydrogen-bond acceptors (Lipinski definition) is 1. The van der Waals surface area contributed by atoms with Gasteiger partial charge < -0.3 is 4.90 Å². The van der Waals surface area contributed by atoms with Gasteiger partial charge in [0.05, 0.1) is 0 Å².